The highest BCUT2D eigenvalue weighted by Gasteiger charge is 2.34. The van der Waals surface area contributed by atoms with Gasteiger partial charge in [-0.3, -0.25) is 4.57 Å². The van der Waals surface area contributed by atoms with E-state index in [9.17, 15) is 13.5 Å². The number of aryl methyl sites for hydroxylation is 1. The third kappa shape index (κ3) is 4.52. The zero-order valence-electron chi connectivity index (χ0n) is 21.3. The van der Waals surface area contributed by atoms with Gasteiger partial charge in [0, 0.05) is 6.20 Å². The number of para-hydroxylation sites is 1. The number of rotatable bonds is 9. The Morgan fingerprint density at radius 2 is 1.76 bits per heavy atom. The van der Waals surface area contributed by atoms with E-state index in [4.69, 9.17) is 13.9 Å². The van der Waals surface area contributed by atoms with E-state index in [1.165, 1.54) is 21.1 Å². The largest absolute Gasteiger partial charge is 0.494 e. The molecule has 5 aromatic rings. The number of aromatic nitrogens is 5. The van der Waals surface area contributed by atoms with Crippen LogP contribution in [0.25, 0.3) is 22.8 Å². The van der Waals surface area contributed by atoms with Gasteiger partial charge in [0.25, 0.3) is 0 Å². The van der Waals surface area contributed by atoms with E-state index in [2.05, 4.69) is 15.3 Å². The summed E-state index contributed by atoms with van der Waals surface area (Å²) in [7, 11) is -0.960. The third-order valence-electron chi connectivity index (χ3n) is 6.35. The number of hydrogen-bond donors (Lipinski definition) is 1. The van der Waals surface area contributed by atoms with Gasteiger partial charge in [-0.15, -0.1) is 10.2 Å². The molecule has 0 unspecified atom stereocenters. The van der Waals surface area contributed by atoms with E-state index < -0.39 is 26.9 Å². The molecule has 0 aliphatic rings. The first-order chi connectivity index (χ1) is 18.2. The molecule has 0 radical (unpaired) electrons. The molecule has 0 fully saturated rings. The molecule has 38 heavy (non-hydrogen) atoms. The lowest BCUT2D eigenvalue weighted by molar-refractivity contribution is 0.170. The molecule has 0 aliphatic heterocycles. The molecule has 4 aromatic heterocycles. The second kappa shape index (κ2) is 9.95. The Bertz CT molecular complexity index is 1650. The van der Waals surface area contributed by atoms with Crippen molar-refractivity contribution < 1.29 is 27.4 Å². The Hall–Kier alpha value is -4.16. The number of benzene rings is 1. The fraction of sp³-hybridized carbons (Fsp3) is 0.269. The molecule has 11 nitrogen and oxygen atoms in total. The predicted octanol–water partition coefficient (Wildman–Crippen LogP) is 3.54. The molecule has 0 saturated heterocycles. The van der Waals surface area contributed by atoms with Crippen molar-refractivity contribution in [2.45, 2.75) is 31.0 Å². The summed E-state index contributed by atoms with van der Waals surface area (Å²) in [6.45, 7) is 3.24. The summed E-state index contributed by atoms with van der Waals surface area (Å²) in [4.78, 5) is 0. The monoisotopic (exact) mass is 537 g/mol. The van der Waals surface area contributed by atoms with Gasteiger partial charge >= 0.3 is 0 Å². The zero-order valence-corrected chi connectivity index (χ0v) is 22.1. The summed E-state index contributed by atoms with van der Waals surface area (Å²) in [6.07, 6.45) is 0.371. The summed E-state index contributed by atoms with van der Waals surface area (Å²) in [5.74, 6) is 1.75. The molecule has 0 aliphatic carbocycles. The SMILES string of the molecule is COc1cccc(OC)c1-n1c(CS(=O)(=O)[C@@H](C)[C@H](O)c2cc3ccccn3n2)nnc1-c1ccc(C)o1. The number of fused-ring (bicyclic) bond motifs is 1. The minimum absolute atomic E-state index is 0.103. The Kier molecular flexibility index (Phi) is 6.67. The number of aliphatic hydroxyl groups is 1. The van der Waals surface area contributed by atoms with Crippen molar-refractivity contribution >= 4 is 15.4 Å². The number of ether oxygens (including phenoxy) is 2. The molecule has 0 bridgehead atoms. The maximum absolute atomic E-state index is 13.6. The number of hydrogen-bond acceptors (Lipinski definition) is 9. The molecule has 5 rings (SSSR count). The van der Waals surface area contributed by atoms with E-state index in [-0.39, 0.29) is 17.3 Å². The lowest BCUT2D eigenvalue weighted by Crippen LogP contribution is -2.28. The number of aliphatic hydroxyl groups excluding tert-OH is 1. The molecule has 4 heterocycles. The Morgan fingerprint density at radius 3 is 2.39 bits per heavy atom. The molecule has 1 N–H and O–H groups in total. The summed E-state index contributed by atoms with van der Waals surface area (Å²) in [6, 6.07) is 15.8. The number of methoxy groups -OCH3 is 2. The number of furan rings is 1. The standard InChI is InChI=1S/C26H27N5O6S/c1-16-11-12-22(37-16)26-28-27-23(31(26)24-20(35-3)9-7-10-21(24)36-4)15-38(33,34)17(2)25(32)19-14-18-8-5-6-13-30(18)29-19/h5-14,17,25,32H,15H2,1-4H3/t17-,25-/m0/s1. The minimum Gasteiger partial charge on any atom is -0.494 e. The van der Waals surface area contributed by atoms with E-state index in [1.54, 1.807) is 64.7 Å². The first-order valence-electron chi connectivity index (χ1n) is 11.8. The van der Waals surface area contributed by atoms with Gasteiger partial charge in [-0.1, -0.05) is 12.1 Å². The van der Waals surface area contributed by atoms with Crippen LogP contribution in [0.5, 0.6) is 11.5 Å². The van der Waals surface area contributed by atoms with Gasteiger partial charge in [0.15, 0.2) is 21.4 Å². The van der Waals surface area contributed by atoms with Crippen molar-refractivity contribution in [1.82, 2.24) is 24.4 Å². The van der Waals surface area contributed by atoms with Gasteiger partial charge in [-0.25, -0.2) is 12.9 Å². The smallest absolute Gasteiger partial charge is 0.204 e. The Morgan fingerprint density at radius 1 is 1.03 bits per heavy atom. The molecule has 198 valence electrons. The van der Waals surface area contributed by atoms with Crippen molar-refractivity contribution in [2.24, 2.45) is 0 Å². The van der Waals surface area contributed by atoms with Gasteiger partial charge in [-0.2, -0.15) is 5.10 Å². The molecular weight excluding hydrogens is 510 g/mol. The first kappa shape index (κ1) is 25.5. The van der Waals surface area contributed by atoms with Crippen LogP contribution in [0, 0.1) is 6.92 Å². The van der Waals surface area contributed by atoms with Crippen molar-refractivity contribution in [2.75, 3.05) is 14.2 Å². The summed E-state index contributed by atoms with van der Waals surface area (Å²) >= 11 is 0. The molecule has 1 aromatic carbocycles. The average molecular weight is 538 g/mol. The van der Waals surface area contributed by atoms with Crippen LogP contribution in [0.3, 0.4) is 0 Å². The first-order valence-corrected chi connectivity index (χ1v) is 13.5. The van der Waals surface area contributed by atoms with Crippen LogP contribution in [-0.4, -0.2) is 57.4 Å². The van der Waals surface area contributed by atoms with Gasteiger partial charge in [-0.05, 0) is 56.3 Å². The Balaban J connectivity index is 1.58. The van der Waals surface area contributed by atoms with Gasteiger partial charge in [0.2, 0.25) is 5.82 Å². The lowest BCUT2D eigenvalue weighted by Gasteiger charge is -2.19. The van der Waals surface area contributed by atoms with Crippen molar-refractivity contribution in [3.05, 3.63) is 78.1 Å². The summed E-state index contributed by atoms with van der Waals surface area (Å²) in [5, 5.41) is 22.6. The minimum atomic E-state index is -3.97. The van der Waals surface area contributed by atoms with Crippen LogP contribution in [0.1, 0.15) is 30.3 Å². The zero-order chi connectivity index (χ0) is 27.0. The quantitative estimate of drug-likeness (QED) is 0.300. The van der Waals surface area contributed by atoms with Crippen LogP contribution in [0.4, 0.5) is 0 Å². The number of nitrogens with zero attached hydrogens (tertiary/aromatic N) is 5. The highest BCUT2D eigenvalue weighted by Crippen LogP contribution is 2.37. The van der Waals surface area contributed by atoms with Gasteiger partial charge in [0.05, 0.1) is 30.7 Å². The van der Waals surface area contributed by atoms with Crippen LogP contribution < -0.4 is 9.47 Å². The second-order valence-electron chi connectivity index (χ2n) is 8.79. The van der Waals surface area contributed by atoms with Crippen LogP contribution in [0.2, 0.25) is 0 Å². The van der Waals surface area contributed by atoms with E-state index in [0.717, 1.165) is 5.52 Å². The van der Waals surface area contributed by atoms with Gasteiger partial charge in [0.1, 0.15) is 34.8 Å². The van der Waals surface area contributed by atoms with E-state index in [0.29, 0.717) is 28.7 Å². The fourth-order valence-electron chi connectivity index (χ4n) is 4.26. The fourth-order valence-corrected chi connectivity index (χ4v) is 5.60. The average Bonchev–Trinajstić information content (AvgIpc) is 3.65. The predicted molar refractivity (Wildman–Crippen MR) is 139 cm³/mol. The maximum atomic E-state index is 13.6. The lowest BCUT2D eigenvalue weighted by atomic mass is 10.2. The Labute approximate surface area is 219 Å². The van der Waals surface area contributed by atoms with Crippen LogP contribution >= 0.6 is 0 Å². The van der Waals surface area contributed by atoms with Crippen LogP contribution in [-0.2, 0) is 15.6 Å². The topological polar surface area (TPSA) is 134 Å². The van der Waals surface area contributed by atoms with E-state index in [1.807, 2.05) is 12.1 Å². The summed E-state index contributed by atoms with van der Waals surface area (Å²) in [5.41, 5.74) is 1.42. The highest BCUT2D eigenvalue weighted by molar-refractivity contribution is 7.91. The highest BCUT2D eigenvalue weighted by atomic mass is 32.2. The summed E-state index contributed by atoms with van der Waals surface area (Å²) < 4.78 is 47.3. The second-order valence-corrected chi connectivity index (χ2v) is 11.2. The van der Waals surface area contributed by atoms with Gasteiger partial charge < -0.3 is 19.0 Å². The van der Waals surface area contributed by atoms with Crippen LogP contribution in [0.15, 0.2) is 65.2 Å². The maximum Gasteiger partial charge on any atom is 0.204 e. The molecule has 0 amide bonds. The normalized spacial score (nSPS) is 13.5. The number of pyridine rings is 1. The molecule has 2 atom stereocenters. The van der Waals surface area contributed by atoms with E-state index >= 15 is 0 Å². The van der Waals surface area contributed by atoms with Crippen molar-refractivity contribution in [3.8, 4) is 28.8 Å². The molecule has 0 spiro atoms. The van der Waals surface area contributed by atoms with Crippen molar-refractivity contribution in [1.29, 1.82) is 0 Å². The third-order valence-corrected chi connectivity index (χ3v) is 8.40. The molecule has 0 saturated carbocycles. The molecule has 12 heteroatoms. The number of sulfone groups is 1. The van der Waals surface area contributed by atoms with Crippen molar-refractivity contribution in [3.63, 3.8) is 0 Å². The molecular formula is C26H27N5O6S.